The number of nitrogens with zero attached hydrogens (tertiary/aromatic N) is 2. The Bertz CT molecular complexity index is 678. The Balaban J connectivity index is 2.12. The first kappa shape index (κ1) is 15.8. The third-order valence-electron chi connectivity index (χ3n) is 3.23. The standard InChI is InChI=1S/C15H20N4O3/c1-18(2)14(21)10-19-7-5-11-9-12(3-4-13(11)19)17-15(22)16-6-8-20/h3-5,7,9,20H,6,8,10H2,1-2H3,(H2,16,17,22). The van der Waals surface area contributed by atoms with Gasteiger partial charge in [-0.2, -0.15) is 0 Å². The highest BCUT2D eigenvalue weighted by Crippen LogP contribution is 2.20. The van der Waals surface area contributed by atoms with Crippen LogP contribution in [0.3, 0.4) is 0 Å². The van der Waals surface area contributed by atoms with E-state index in [9.17, 15) is 9.59 Å². The number of hydrogen-bond acceptors (Lipinski definition) is 3. The summed E-state index contributed by atoms with van der Waals surface area (Å²) in [6.45, 7) is 0.382. The van der Waals surface area contributed by atoms with Crippen LogP contribution >= 0.6 is 0 Å². The zero-order chi connectivity index (χ0) is 16.1. The number of anilines is 1. The molecular weight excluding hydrogens is 284 g/mol. The first-order valence-electron chi connectivity index (χ1n) is 6.96. The molecule has 0 aliphatic carbocycles. The van der Waals surface area contributed by atoms with E-state index >= 15 is 0 Å². The van der Waals surface area contributed by atoms with Crippen LogP contribution in [0.2, 0.25) is 0 Å². The summed E-state index contributed by atoms with van der Waals surface area (Å²) in [6, 6.07) is 7.01. The van der Waals surface area contributed by atoms with Crippen LogP contribution in [-0.2, 0) is 11.3 Å². The van der Waals surface area contributed by atoms with E-state index in [0.717, 1.165) is 10.9 Å². The summed E-state index contributed by atoms with van der Waals surface area (Å²) in [5, 5.41) is 14.8. The molecule has 0 radical (unpaired) electrons. The molecule has 0 aliphatic heterocycles. The molecule has 3 N–H and O–H groups in total. The van der Waals surface area contributed by atoms with Crippen molar-refractivity contribution in [1.29, 1.82) is 0 Å². The molecule has 0 atom stereocenters. The molecule has 0 aliphatic rings. The summed E-state index contributed by atoms with van der Waals surface area (Å²) < 4.78 is 1.87. The van der Waals surface area contributed by atoms with Crippen molar-refractivity contribution in [2.24, 2.45) is 0 Å². The van der Waals surface area contributed by atoms with Crippen molar-refractivity contribution in [2.45, 2.75) is 6.54 Å². The van der Waals surface area contributed by atoms with E-state index in [1.54, 1.807) is 25.1 Å². The fraction of sp³-hybridized carbons (Fsp3) is 0.333. The third kappa shape index (κ3) is 3.76. The Morgan fingerprint density at radius 2 is 2.05 bits per heavy atom. The normalized spacial score (nSPS) is 10.5. The second-order valence-electron chi connectivity index (χ2n) is 5.11. The molecule has 7 nitrogen and oxygen atoms in total. The average molecular weight is 304 g/mol. The van der Waals surface area contributed by atoms with E-state index in [4.69, 9.17) is 5.11 Å². The zero-order valence-electron chi connectivity index (χ0n) is 12.7. The second kappa shape index (κ2) is 6.95. The SMILES string of the molecule is CN(C)C(=O)Cn1ccc2cc(NC(=O)NCCO)ccc21. The predicted octanol–water partition coefficient (Wildman–Crippen LogP) is 0.843. The Morgan fingerprint density at radius 1 is 1.27 bits per heavy atom. The van der Waals surface area contributed by atoms with Crippen molar-refractivity contribution in [3.63, 3.8) is 0 Å². The number of likely N-dealkylation sites (N-methyl/N-ethyl adjacent to an activating group) is 1. The zero-order valence-corrected chi connectivity index (χ0v) is 12.7. The maximum absolute atomic E-state index is 11.8. The van der Waals surface area contributed by atoms with Crippen LogP contribution in [0.4, 0.5) is 10.5 Å². The molecular formula is C15H20N4O3. The highest BCUT2D eigenvalue weighted by atomic mass is 16.3. The van der Waals surface area contributed by atoms with E-state index < -0.39 is 0 Å². The van der Waals surface area contributed by atoms with Crippen molar-refractivity contribution >= 4 is 28.5 Å². The Kier molecular flexibility index (Phi) is 5.00. The van der Waals surface area contributed by atoms with Gasteiger partial charge in [-0.3, -0.25) is 4.79 Å². The molecule has 3 amide bonds. The van der Waals surface area contributed by atoms with Gasteiger partial charge in [0.25, 0.3) is 0 Å². The van der Waals surface area contributed by atoms with Gasteiger partial charge in [-0.05, 0) is 24.3 Å². The van der Waals surface area contributed by atoms with Crippen molar-refractivity contribution in [3.8, 4) is 0 Å². The topological polar surface area (TPSA) is 86.6 Å². The number of fused-ring (bicyclic) bond motifs is 1. The molecule has 0 saturated heterocycles. The lowest BCUT2D eigenvalue weighted by Gasteiger charge is -2.12. The Labute approximate surface area is 128 Å². The van der Waals surface area contributed by atoms with Crippen LogP contribution < -0.4 is 10.6 Å². The van der Waals surface area contributed by atoms with Crippen LogP contribution in [0.15, 0.2) is 30.5 Å². The molecule has 0 fully saturated rings. The maximum Gasteiger partial charge on any atom is 0.319 e. The van der Waals surface area contributed by atoms with Crippen molar-refractivity contribution in [3.05, 3.63) is 30.5 Å². The lowest BCUT2D eigenvalue weighted by molar-refractivity contribution is -0.129. The predicted molar refractivity (Wildman–Crippen MR) is 84.7 cm³/mol. The maximum atomic E-state index is 11.8. The number of aromatic nitrogens is 1. The number of aliphatic hydroxyl groups is 1. The number of carbonyl (C=O) groups excluding carboxylic acids is 2. The van der Waals surface area contributed by atoms with Gasteiger partial charge in [0.15, 0.2) is 0 Å². The number of rotatable bonds is 5. The molecule has 0 unspecified atom stereocenters. The summed E-state index contributed by atoms with van der Waals surface area (Å²) in [7, 11) is 3.45. The molecule has 0 spiro atoms. The second-order valence-corrected chi connectivity index (χ2v) is 5.11. The molecule has 22 heavy (non-hydrogen) atoms. The highest BCUT2D eigenvalue weighted by molar-refractivity contribution is 5.93. The summed E-state index contributed by atoms with van der Waals surface area (Å²) >= 11 is 0. The molecule has 1 aromatic heterocycles. The quantitative estimate of drug-likeness (QED) is 0.765. The van der Waals surface area contributed by atoms with Crippen molar-refractivity contribution < 1.29 is 14.7 Å². The molecule has 0 bridgehead atoms. The molecule has 2 aromatic rings. The van der Waals surface area contributed by atoms with Gasteiger partial charge in [-0.25, -0.2) is 4.79 Å². The smallest absolute Gasteiger partial charge is 0.319 e. The number of hydrogen-bond donors (Lipinski definition) is 3. The number of nitrogens with one attached hydrogen (secondary N) is 2. The monoisotopic (exact) mass is 304 g/mol. The number of carbonyl (C=O) groups is 2. The average Bonchev–Trinajstić information content (AvgIpc) is 2.87. The Morgan fingerprint density at radius 3 is 2.73 bits per heavy atom. The van der Waals surface area contributed by atoms with Crippen molar-refractivity contribution in [2.75, 3.05) is 32.6 Å². The van der Waals surface area contributed by atoms with Gasteiger partial charge in [0.1, 0.15) is 6.54 Å². The van der Waals surface area contributed by atoms with E-state index in [2.05, 4.69) is 10.6 Å². The number of amides is 3. The molecule has 1 heterocycles. The van der Waals surface area contributed by atoms with Gasteiger partial charge in [-0.15, -0.1) is 0 Å². The van der Waals surface area contributed by atoms with Crippen LogP contribution in [-0.4, -0.2) is 53.8 Å². The summed E-state index contributed by atoms with van der Waals surface area (Å²) in [5.41, 5.74) is 1.58. The van der Waals surface area contributed by atoms with Gasteiger partial charge in [0.2, 0.25) is 5.91 Å². The minimum atomic E-state index is -0.365. The minimum Gasteiger partial charge on any atom is -0.395 e. The fourth-order valence-corrected chi connectivity index (χ4v) is 2.05. The van der Waals surface area contributed by atoms with Gasteiger partial charge >= 0.3 is 6.03 Å². The minimum absolute atomic E-state index is 0.0167. The van der Waals surface area contributed by atoms with Gasteiger partial charge in [-0.1, -0.05) is 0 Å². The summed E-state index contributed by atoms with van der Waals surface area (Å²) in [6.07, 6.45) is 1.85. The molecule has 7 heteroatoms. The Hall–Kier alpha value is -2.54. The number of aliphatic hydroxyl groups excluding tert-OH is 1. The highest BCUT2D eigenvalue weighted by Gasteiger charge is 2.09. The van der Waals surface area contributed by atoms with Crippen LogP contribution in [0.25, 0.3) is 10.9 Å². The third-order valence-corrected chi connectivity index (χ3v) is 3.23. The fourth-order valence-electron chi connectivity index (χ4n) is 2.05. The van der Waals surface area contributed by atoms with Crippen LogP contribution in [0, 0.1) is 0 Å². The lowest BCUT2D eigenvalue weighted by atomic mass is 10.2. The summed E-state index contributed by atoms with van der Waals surface area (Å²) in [5.74, 6) is 0.0167. The van der Waals surface area contributed by atoms with Crippen molar-refractivity contribution in [1.82, 2.24) is 14.8 Å². The molecule has 1 aromatic carbocycles. The molecule has 0 saturated carbocycles. The number of urea groups is 1. The van der Waals surface area contributed by atoms with Crippen LogP contribution in [0.1, 0.15) is 0 Å². The molecule has 118 valence electrons. The lowest BCUT2D eigenvalue weighted by Crippen LogP contribution is -2.30. The van der Waals surface area contributed by atoms with E-state index in [1.807, 2.05) is 29.0 Å². The van der Waals surface area contributed by atoms with Gasteiger partial charge in [0, 0.05) is 43.4 Å². The molecule has 2 rings (SSSR count). The first-order chi connectivity index (χ1) is 10.5. The summed E-state index contributed by atoms with van der Waals surface area (Å²) in [4.78, 5) is 24.9. The van der Waals surface area contributed by atoms with E-state index in [1.165, 1.54) is 0 Å². The van der Waals surface area contributed by atoms with Gasteiger partial charge < -0.3 is 25.2 Å². The van der Waals surface area contributed by atoms with E-state index in [-0.39, 0.29) is 31.6 Å². The van der Waals surface area contributed by atoms with Crippen LogP contribution in [0.5, 0.6) is 0 Å². The first-order valence-corrected chi connectivity index (χ1v) is 6.96. The largest absolute Gasteiger partial charge is 0.395 e. The van der Waals surface area contributed by atoms with Gasteiger partial charge in [0.05, 0.1) is 6.61 Å². The van der Waals surface area contributed by atoms with E-state index in [0.29, 0.717) is 5.69 Å². The number of benzene rings is 1.